The van der Waals surface area contributed by atoms with Gasteiger partial charge in [-0.05, 0) is 25.5 Å². The Labute approximate surface area is 123 Å². The average Bonchev–Trinajstić information content (AvgIpc) is 2.84. The predicted octanol–water partition coefficient (Wildman–Crippen LogP) is 2.65. The Balaban J connectivity index is 2.04. The van der Waals surface area contributed by atoms with Gasteiger partial charge in [0.2, 0.25) is 5.88 Å². The molecule has 0 radical (unpaired) electrons. The maximum atomic E-state index is 5.94. The van der Waals surface area contributed by atoms with Crippen molar-refractivity contribution in [2.45, 2.75) is 19.4 Å². The molecule has 0 amide bonds. The monoisotopic (exact) mass is 282 g/mol. The van der Waals surface area contributed by atoms with Crippen molar-refractivity contribution in [1.29, 1.82) is 0 Å². The van der Waals surface area contributed by atoms with Crippen LogP contribution in [0, 0.1) is 0 Å². The van der Waals surface area contributed by atoms with Crippen molar-refractivity contribution in [2.75, 3.05) is 0 Å². The van der Waals surface area contributed by atoms with Gasteiger partial charge in [0.1, 0.15) is 0 Å². The fourth-order valence-electron chi connectivity index (χ4n) is 2.29. The summed E-state index contributed by atoms with van der Waals surface area (Å²) in [6.45, 7) is 1.98. The third kappa shape index (κ3) is 3.03. The molecule has 0 spiro atoms. The Kier molecular flexibility index (Phi) is 3.58. The van der Waals surface area contributed by atoms with Gasteiger partial charge in [-0.25, -0.2) is 4.98 Å². The lowest BCUT2D eigenvalue weighted by Crippen LogP contribution is -2.18. The van der Waals surface area contributed by atoms with Crippen molar-refractivity contribution in [3.63, 3.8) is 0 Å². The number of hydrogen-bond acceptors (Lipinski definition) is 4. The van der Waals surface area contributed by atoms with E-state index in [0.29, 0.717) is 18.1 Å². The first kappa shape index (κ1) is 13.6. The molecule has 108 valence electrons. The molecule has 0 bridgehead atoms. The zero-order chi connectivity index (χ0) is 14.8. The van der Waals surface area contributed by atoms with Crippen LogP contribution in [-0.2, 0) is 13.5 Å². The van der Waals surface area contributed by atoms with Crippen LogP contribution >= 0.6 is 0 Å². The van der Waals surface area contributed by atoms with Crippen LogP contribution in [0.4, 0.5) is 0 Å². The minimum atomic E-state index is 0.0456. The molecule has 0 saturated carbocycles. The molecular formula is C16H18N4O. The molecule has 1 unspecified atom stereocenters. The van der Waals surface area contributed by atoms with Crippen molar-refractivity contribution in [2.24, 2.45) is 12.8 Å². The summed E-state index contributed by atoms with van der Waals surface area (Å²) in [5.74, 6) is 1.27. The maximum Gasteiger partial charge on any atom is 0.223 e. The molecular weight excluding hydrogens is 264 g/mol. The lowest BCUT2D eigenvalue weighted by atomic mass is 10.1. The number of ether oxygens (including phenoxy) is 1. The highest BCUT2D eigenvalue weighted by molar-refractivity contribution is 5.80. The third-order valence-electron chi connectivity index (χ3n) is 3.20. The Morgan fingerprint density at radius 3 is 2.86 bits per heavy atom. The summed E-state index contributed by atoms with van der Waals surface area (Å²) in [7, 11) is 1.85. The van der Waals surface area contributed by atoms with E-state index in [2.05, 4.69) is 16.1 Å². The first-order valence-corrected chi connectivity index (χ1v) is 6.92. The molecule has 3 rings (SSSR count). The first-order valence-electron chi connectivity index (χ1n) is 6.92. The minimum Gasteiger partial charge on any atom is -0.435 e. The topological polar surface area (TPSA) is 66.0 Å². The van der Waals surface area contributed by atoms with Crippen LogP contribution in [0.5, 0.6) is 11.6 Å². The van der Waals surface area contributed by atoms with Crippen LogP contribution in [0.25, 0.3) is 10.9 Å². The summed E-state index contributed by atoms with van der Waals surface area (Å²) in [6.07, 6.45) is 4.20. The summed E-state index contributed by atoms with van der Waals surface area (Å²) in [6, 6.07) is 10.1. The third-order valence-corrected chi connectivity index (χ3v) is 3.20. The van der Waals surface area contributed by atoms with Crippen LogP contribution < -0.4 is 10.5 Å². The van der Waals surface area contributed by atoms with E-state index >= 15 is 0 Å². The number of nitrogens with two attached hydrogens (primary N) is 1. The summed E-state index contributed by atoms with van der Waals surface area (Å²) in [4.78, 5) is 4.62. The SMILES string of the molecule is CC(N)Cc1cc2ccccc2nc1Oc1cnn(C)c1. The summed E-state index contributed by atoms with van der Waals surface area (Å²) < 4.78 is 7.59. The largest absolute Gasteiger partial charge is 0.435 e. The highest BCUT2D eigenvalue weighted by Gasteiger charge is 2.12. The van der Waals surface area contributed by atoms with Gasteiger partial charge < -0.3 is 10.5 Å². The fourth-order valence-corrected chi connectivity index (χ4v) is 2.29. The first-order chi connectivity index (χ1) is 10.1. The van der Waals surface area contributed by atoms with E-state index in [1.807, 2.05) is 44.4 Å². The normalized spacial score (nSPS) is 12.5. The van der Waals surface area contributed by atoms with Crippen molar-refractivity contribution < 1.29 is 4.74 Å². The molecule has 0 aliphatic carbocycles. The van der Waals surface area contributed by atoms with Gasteiger partial charge in [0.15, 0.2) is 5.75 Å². The van der Waals surface area contributed by atoms with Gasteiger partial charge in [0.25, 0.3) is 0 Å². The second-order valence-electron chi connectivity index (χ2n) is 5.28. The fraction of sp³-hybridized carbons (Fsp3) is 0.250. The van der Waals surface area contributed by atoms with Crippen molar-refractivity contribution in [3.8, 4) is 11.6 Å². The second kappa shape index (κ2) is 5.54. The van der Waals surface area contributed by atoms with Crippen LogP contribution in [-0.4, -0.2) is 20.8 Å². The molecule has 0 aliphatic rings. The number of rotatable bonds is 4. The van der Waals surface area contributed by atoms with Crippen molar-refractivity contribution >= 4 is 10.9 Å². The van der Waals surface area contributed by atoms with E-state index in [0.717, 1.165) is 16.5 Å². The van der Waals surface area contributed by atoms with Gasteiger partial charge in [-0.3, -0.25) is 4.68 Å². The van der Waals surface area contributed by atoms with Gasteiger partial charge >= 0.3 is 0 Å². The van der Waals surface area contributed by atoms with Crippen molar-refractivity contribution in [1.82, 2.24) is 14.8 Å². The molecule has 2 heterocycles. The van der Waals surface area contributed by atoms with Gasteiger partial charge in [0, 0.05) is 24.0 Å². The molecule has 1 atom stereocenters. The smallest absolute Gasteiger partial charge is 0.223 e. The number of aromatic nitrogens is 3. The van der Waals surface area contributed by atoms with Crippen LogP contribution in [0.2, 0.25) is 0 Å². The predicted molar refractivity (Wildman–Crippen MR) is 82.4 cm³/mol. The second-order valence-corrected chi connectivity index (χ2v) is 5.28. The summed E-state index contributed by atoms with van der Waals surface area (Å²) in [5, 5.41) is 5.19. The van der Waals surface area contributed by atoms with Crippen LogP contribution in [0.15, 0.2) is 42.7 Å². The van der Waals surface area contributed by atoms with Crippen molar-refractivity contribution in [3.05, 3.63) is 48.3 Å². The van der Waals surface area contributed by atoms with Gasteiger partial charge in [-0.2, -0.15) is 5.10 Å². The van der Waals surface area contributed by atoms with Gasteiger partial charge in [0.05, 0.1) is 17.9 Å². The summed E-state index contributed by atoms with van der Waals surface area (Å²) >= 11 is 0. The number of nitrogens with zero attached hydrogens (tertiary/aromatic N) is 3. The molecule has 1 aromatic carbocycles. The highest BCUT2D eigenvalue weighted by atomic mass is 16.5. The molecule has 2 aromatic heterocycles. The Hall–Kier alpha value is -2.40. The molecule has 21 heavy (non-hydrogen) atoms. The zero-order valence-electron chi connectivity index (χ0n) is 12.2. The van der Waals surface area contributed by atoms with E-state index in [1.165, 1.54) is 0 Å². The van der Waals surface area contributed by atoms with E-state index in [9.17, 15) is 0 Å². The molecule has 0 saturated heterocycles. The van der Waals surface area contributed by atoms with E-state index in [4.69, 9.17) is 10.5 Å². The van der Waals surface area contributed by atoms with E-state index < -0.39 is 0 Å². The number of fused-ring (bicyclic) bond motifs is 1. The molecule has 3 aromatic rings. The minimum absolute atomic E-state index is 0.0456. The number of benzene rings is 1. The standard InChI is InChI=1S/C16H18N4O/c1-11(17)7-13-8-12-5-3-4-6-15(12)19-16(13)21-14-9-18-20(2)10-14/h3-6,8-11H,7,17H2,1-2H3. The number of aryl methyl sites for hydroxylation is 1. The lowest BCUT2D eigenvalue weighted by molar-refractivity contribution is 0.455. The lowest BCUT2D eigenvalue weighted by Gasteiger charge is -2.12. The van der Waals surface area contributed by atoms with Crippen LogP contribution in [0.3, 0.4) is 0 Å². The molecule has 0 fully saturated rings. The number of hydrogen-bond donors (Lipinski definition) is 1. The maximum absolute atomic E-state index is 5.94. The highest BCUT2D eigenvalue weighted by Crippen LogP contribution is 2.27. The number of para-hydroxylation sites is 1. The molecule has 0 aliphatic heterocycles. The Morgan fingerprint density at radius 1 is 1.33 bits per heavy atom. The quantitative estimate of drug-likeness (QED) is 0.799. The molecule has 2 N–H and O–H groups in total. The van der Waals surface area contributed by atoms with E-state index in [1.54, 1.807) is 10.9 Å². The molecule has 5 nitrogen and oxygen atoms in total. The average molecular weight is 282 g/mol. The van der Waals surface area contributed by atoms with E-state index in [-0.39, 0.29) is 6.04 Å². The summed E-state index contributed by atoms with van der Waals surface area (Å²) in [5.41, 5.74) is 7.85. The van der Waals surface area contributed by atoms with Gasteiger partial charge in [-0.1, -0.05) is 18.2 Å². The zero-order valence-corrected chi connectivity index (χ0v) is 12.2. The number of pyridine rings is 1. The van der Waals surface area contributed by atoms with Crippen LogP contribution in [0.1, 0.15) is 12.5 Å². The van der Waals surface area contributed by atoms with Gasteiger partial charge in [-0.15, -0.1) is 0 Å². The molecule has 5 heteroatoms. The Morgan fingerprint density at radius 2 is 2.14 bits per heavy atom. The Bertz CT molecular complexity index is 764.